The Morgan fingerprint density at radius 2 is 1.88 bits per heavy atom. The number of aromatic nitrogens is 2. The first-order valence-corrected chi connectivity index (χ1v) is 7.66. The highest BCUT2D eigenvalue weighted by Gasteiger charge is 2.11. The summed E-state index contributed by atoms with van der Waals surface area (Å²) in [6.45, 7) is 3.71. The number of benzene rings is 1. The number of methoxy groups -OCH3 is 2. The highest BCUT2D eigenvalue weighted by Crippen LogP contribution is 2.32. The molecule has 1 N–H and O–H groups in total. The molecule has 128 valence electrons. The minimum absolute atomic E-state index is 0.273. The minimum Gasteiger partial charge on any atom is -0.493 e. The SMILES string of the molecule is COc1cc(C)c(NC(=O)/C=C/c2c(C)nn(C)c2Cl)cc1OC. The van der Waals surface area contributed by atoms with Gasteiger partial charge in [0.05, 0.1) is 19.9 Å². The zero-order valence-corrected chi connectivity index (χ0v) is 15.1. The molecule has 0 spiro atoms. The highest BCUT2D eigenvalue weighted by molar-refractivity contribution is 6.31. The van der Waals surface area contributed by atoms with Crippen molar-refractivity contribution in [3.05, 3.63) is 40.2 Å². The summed E-state index contributed by atoms with van der Waals surface area (Å²) in [6, 6.07) is 3.53. The van der Waals surface area contributed by atoms with E-state index in [1.165, 1.54) is 6.08 Å². The highest BCUT2D eigenvalue weighted by atomic mass is 35.5. The van der Waals surface area contributed by atoms with Gasteiger partial charge in [-0.15, -0.1) is 0 Å². The van der Waals surface area contributed by atoms with Crippen LogP contribution >= 0.6 is 11.6 Å². The first kappa shape index (κ1) is 17.9. The first-order chi connectivity index (χ1) is 11.4. The van der Waals surface area contributed by atoms with E-state index in [0.717, 1.165) is 16.8 Å². The average molecular weight is 350 g/mol. The third-order valence-corrected chi connectivity index (χ3v) is 4.03. The van der Waals surface area contributed by atoms with Crippen LogP contribution in [0.5, 0.6) is 11.5 Å². The van der Waals surface area contributed by atoms with Gasteiger partial charge in [0.2, 0.25) is 5.91 Å². The van der Waals surface area contributed by atoms with Gasteiger partial charge in [-0.05, 0) is 31.6 Å². The molecule has 6 nitrogen and oxygen atoms in total. The van der Waals surface area contributed by atoms with Crippen LogP contribution in [0.1, 0.15) is 16.8 Å². The second-order valence-electron chi connectivity index (χ2n) is 5.26. The standard InChI is InChI=1S/C17H20ClN3O3/c1-10-8-14(23-4)15(24-5)9-13(10)19-16(22)7-6-12-11(2)20-21(3)17(12)18/h6-9H,1-5H3,(H,19,22)/b7-6+. The second-order valence-corrected chi connectivity index (χ2v) is 5.62. The molecule has 0 bridgehead atoms. The second kappa shape index (κ2) is 7.40. The van der Waals surface area contributed by atoms with Crippen LogP contribution in [0.3, 0.4) is 0 Å². The summed E-state index contributed by atoms with van der Waals surface area (Å²) in [6.07, 6.45) is 3.07. The fourth-order valence-electron chi connectivity index (χ4n) is 2.28. The summed E-state index contributed by atoms with van der Waals surface area (Å²) in [7, 11) is 4.86. The molecule has 0 saturated carbocycles. The molecule has 1 heterocycles. The molecule has 1 aromatic carbocycles. The first-order valence-electron chi connectivity index (χ1n) is 7.28. The van der Waals surface area contributed by atoms with Crippen LogP contribution in [-0.4, -0.2) is 29.9 Å². The number of amides is 1. The third-order valence-electron chi connectivity index (χ3n) is 3.59. The normalized spacial score (nSPS) is 10.9. The van der Waals surface area contributed by atoms with Gasteiger partial charge in [-0.25, -0.2) is 0 Å². The quantitative estimate of drug-likeness (QED) is 0.840. The summed E-state index contributed by atoms with van der Waals surface area (Å²) >= 11 is 6.14. The Morgan fingerprint density at radius 1 is 1.25 bits per heavy atom. The molecule has 2 rings (SSSR count). The molecule has 0 unspecified atom stereocenters. The molecule has 24 heavy (non-hydrogen) atoms. The lowest BCUT2D eigenvalue weighted by Gasteiger charge is -2.12. The molecule has 0 aliphatic heterocycles. The van der Waals surface area contributed by atoms with E-state index in [9.17, 15) is 4.79 Å². The van der Waals surface area contributed by atoms with Crippen LogP contribution in [-0.2, 0) is 11.8 Å². The molecule has 2 aromatic rings. The smallest absolute Gasteiger partial charge is 0.248 e. The molecule has 0 saturated heterocycles. The van der Waals surface area contributed by atoms with Crippen molar-refractivity contribution in [3.8, 4) is 11.5 Å². The lowest BCUT2D eigenvalue weighted by Crippen LogP contribution is -2.09. The molecule has 1 aromatic heterocycles. The Balaban J connectivity index is 2.19. The molecule has 7 heteroatoms. The van der Waals surface area contributed by atoms with Crippen molar-refractivity contribution in [2.45, 2.75) is 13.8 Å². The van der Waals surface area contributed by atoms with Gasteiger partial charge in [-0.1, -0.05) is 11.6 Å². The zero-order valence-electron chi connectivity index (χ0n) is 14.3. The van der Waals surface area contributed by atoms with Gasteiger partial charge in [0.15, 0.2) is 11.5 Å². The number of hydrogen-bond donors (Lipinski definition) is 1. The predicted octanol–water partition coefficient (Wildman–Crippen LogP) is 3.36. The van der Waals surface area contributed by atoms with Crippen LogP contribution in [0.4, 0.5) is 5.69 Å². The van der Waals surface area contributed by atoms with Crippen LogP contribution < -0.4 is 14.8 Å². The molecule has 0 fully saturated rings. The molecule has 0 atom stereocenters. The van der Waals surface area contributed by atoms with E-state index in [0.29, 0.717) is 22.3 Å². The van der Waals surface area contributed by atoms with Crippen molar-refractivity contribution in [1.82, 2.24) is 9.78 Å². The van der Waals surface area contributed by atoms with Gasteiger partial charge in [0, 0.05) is 30.4 Å². The van der Waals surface area contributed by atoms with Crippen molar-refractivity contribution in [3.63, 3.8) is 0 Å². The minimum atomic E-state index is -0.273. The number of nitrogens with one attached hydrogen (secondary N) is 1. The molecule has 0 radical (unpaired) electrons. The Bertz CT molecular complexity index is 797. The predicted molar refractivity (Wildman–Crippen MR) is 94.9 cm³/mol. The lowest BCUT2D eigenvalue weighted by molar-refractivity contribution is -0.111. The number of carbonyl (C=O) groups excluding carboxylic acids is 1. The number of hydrogen-bond acceptors (Lipinski definition) is 4. The van der Waals surface area contributed by atoms with Gasteiger partial charge < -0.3 is 14.8 Å². The van der Waals surface area contributed by atoms with E-state index in [4.69, 9.17) is 21.1 Å². The molecule has 0 aliphatic carbocycles. The van der Waals surface area contributed by atoms with Crippen molar-refractivity contribution in [2.24, 2.45) is 7.05 Å². The van der Waals surface area contributed by atoms with Gasteiger partial charge in [0.25, 0.3) is 0 Å². The van der Waals surface area contributed by atoms with E-state index < -0.39 is 0 Å². The van der Waals surface area contributed by atoms with Crippen molar-refractivity contribution >= 4 is 29.3 Å². The maximum Gasteiger partial charge on any atom is 0.248 e. The third kappa shape index (κ3) is 3.71. The number of rotatable bonds is 5. The van der Waals surface area contributed by atoms with Gasteiger partial charge in [-0.3, -0.25) is 9.48 Å². The van der Waals surface area contributed by atoms with E-state index in [-0.39, 0.29) is 5.91 Å². The summed E-state index contributed by atoms with van der Waals surface area (Å²) in [5.41, 5.74) is 2.99. The number of nitrogens with zero attached hydrogens (tertiary/aromatic N) is 2. The Labute approximate surface area is 146 Å². The number of aryl methyl sites for hydroxylation is 3. The van der Waals surface area contributed by atoms with E-state index in [1.807, 2.05) is 13.8 Å². The maximum atomic E-state index is 12.2. The number of anilines is 1. The summed E-state index contributed by atoms with van der Waals surface area (Å²) in [5, 5.41) is 7.51. The van der Waals surface area contributed by atoms with Crippen LogP contribution in [0.2, 0.25) is 5.15 Å². The molecule has 0 aliphatic rings. The monoisotopic (exact) mass is 349 g/mol. The Hall–Kier alpha value is -2.47. The van der Waals surface area contributed by atoms with Crippen LogP contribution in [0, 0.1) is 13.8 Å². The number of ether oxygens (including phenoxy) is 2. The Kier molecular flexibility index (Phi) is 5.51. The van der Waals surface area contributed by atoms with Crippen molar-refractivity contribution < 1.29 is 14.3 Å². The lowest BCUT2D eigenvalue weighted by atomic mass is 10.1. The number of halogens is 1. The molecular weight excluding hydrogens is 330 g/mol. The average Bonchev–Trinajstić information content (AvgIpc) is 2.79. The fraction of sp³-hybridized carbons (Fsp3) is 0.294. The zero-order chi connectivity index (χ0) is 17.9. The maximum absolute atomic E-state index is 12.2. The fourth-order valence-corrected chi connectivity index (χ4v) is 2.52. The summed E-state index contributed by atoms with van der Waals surface area (Å²) in [5.74, 6) is 0.888. The van der Waals surface area contributed by atoms with E-state index >= 15 is 0 Å². The van der Waals surface area contributed by atoms with Gasteiger partial charge in [0.1, 0.15) is 5.15 Å². The molecule has 1 amide bonds. The summed E-state index contributed by atoms with van der Waals surface area (Å²) < 4.78 is 12.1. The summed E-state index contributed by atoms with van der Waals surface area (Å²) in [4.78, 5) is 12.2. The van der Waals surface area contributed by atoms with E-state index in [1.54, 1.807) is 44.2 Å². The van der Waals surface area contributed by atoms with Crippen LogP contribution in [0.25, 0.3) is 6.08 Å². The van der Waals surface area contributed by atoms with Gasteiger partial charge >= 0.3 is 0 Å². The van der Waals surface area contributed by atoms with Crippen molar-refractivity contribution in [1.29, 1.82) is 0 Å². The van der Waals surface area contributed by atoms with Gasteiger partial charge in [-0.2, -0.15) is 5.10 Å². The largest absolute Gasteiger partial charge is 0.493 e. The van der Waals surface area contributed by atoms with Crippen LogP contribution in [0.15, 0.2) is 18.2 Å². The van der Waals surface area contributed by atoms with E-state index in [2.05, 4.69) is 10.4 Å². The van der Waals surface area contributed by atoms with Crippen molar-refractivity contribution in [2.75, 3.05) is 19.5 Å². The number of carbonyl (C=O) groups is 1. The molecular formula is C17H20ClN3O3. The Morgan fingerprint density at radius 3 is 2.42 bits per heavy atom. The topological polar surface area (TPSA) is 65.4 Å².